The standard InChI is InChI=1S/C53H84N4O13/c1-48(25-59)16-18-52(47(67)68)19-17-50(3)32(34(52)21-48)11-12-38-51(50,4)15-14-37-49(2,26-60)44(70-46-43(65)42(64)36(61)24-69-46)41(63)33(53(37,38)28-8-6-5-7-9-28)20-30-31(23-58)45(66)57-40(30)29(10-13-39(54)62)35-22-55-27-56-35/h11,22,27-31,33-34,36-44,46,58-65H,5-10,12-21,23-26,54H2,1-4H3,(H,55,56)(H,57,66)(H,67,68). The van der Waals surface area contributed by atoms with Crippen molar-refractivity contribution in [3.63, 3.8) is 0 Å². The smallest absolute Gasteiger partial charge is 0.310 e. The first-order valence-electron chi connectivity index (χ1n) is 26.7. The van der Waals surface area contributed by atoms with E-state index in [4.69, 9.17) is 15.2 Å². The van der Waals surface area contributed by atoms with Crippen LogP contribution in [0.3, 0.4) is 0 Å². The summed E-state index contributed by atoms with van der Waals surface area (Å²) in [7, 11) is 0. The first kappa shape index (κ1) is 52.3. The Kier molecular flexibility index (Phi) is 14.4. The summed E-state index contributed by atoms with van der Waals surface area (Å²) in [5.74, 6) is -4.16. The van der Waals surface area contributed by atoms with Crippen LogP contribution >= 0.6 is 0 Å². The number of carbonyl (C=O) groups excluding carboxylic acids is 1. The third-order valence-corrected chi connectivity index (χ3v) is 21.9. The number of aromatic amines is 1. The van der Waals surface area contributed by atoms with E-state index in [0.29, 0.717) is 51.4 Å². The lowest BCUT2D eigenvalue weighted by Gasteiger charge is -2.76. The molecule has 394 valence electrons. The summed E-state index contributed by atoms with van der Waals surface area (Å²) in [6.45, 7) is 7.62. The maximum absolute atomic E-state index is 14.3. The van der Waals surface area contributed by atoms with Gasteiger partial charge in [-0.15, -0.1) is 0 Å². The van der Waals surface area contributed by atoms with Gasteiger partial charge in [0.2, 0.25) is 5.91 Å². The molecule has 0 radical (unpaired) electrons. The van der Waals surface area contributed by atoms with Gasteiger partial charge in [-0.25, -0.2) is 4.98 Å². The summed E-state index contributed by atoms with van der Waals surface area (Å²) in [4.78, 5) is 35.4. The molecule has 70 heavy (non-hydrogen) atoms. The van der Waals surface area contributed by atoms with Crippen molar-refractivity contribution in [2.45, 2.75) is 185 Å². The number of carbonyl (C=O) groups is 2. The van der Waals surface area contributed by atoms with Gasteiger partial charge in [0.05, 0.1) is 49.7 Å². The molecule has 6 aliphatic carbocycles. The van der Waals surface area contributed by atoms with Gasteiger partial charge >= 0.3 is 5.97 Å². The fourth-order valence-corrected chi connectivity index (χ4v) is 17.9. The second-order valence-corrected chi connectivity index (χ2v) is 24.9. The number of aromatic nitrogens is 2. The van der Waals surface area contributed by atoms with Gasteiger partial charge in [0.25, 0.3) is 0 Å². The zero-order valence-electron chi connectivity index (χ0n) is 41.8. The number of imidazole rings is 1. The molecule has 3 heterocycles. The second kappa shape index (κ2) is 19.3. The number of aliphatic carboxylic acids is 1. The molecule has 21 atom stereocenters. The van der Waals surface area contributed by atoms with Crippen molar-refractivity contribution in [1.82, 2.24) is 15.3 Å². The van der Waals surface area contributed by atoms with Crippen molar-refractivity contribution < 1.29 is 65.0 Å². The van der Waals surface area contributed by atoms with Gasteiger partial charge in [0.1, 0.15) is 24.5 Å². The van der Waals surface area contributed by atoms with Crippen LogP contribution in [0.15, 0.2) is 24.2 Å². The number of nitrogens with zero attached hydrogens (tertiary/aromatic N) is 1. The predicted octanol–water partition coefficient (Wildman–Crippen LogP) is 3.08. The highest BCUT2D eigenvalue weighted by Crippen LogP contribution is 2.79. The molecule has 9 rings (SSSR count). The van der Waals surface area contributed by atoms with E-state index < -0.39 is 118 Å². The predicted molar refractivity (Wildman–Crippen MR) is 255 cm³/mol. The minimum Gasteiger partial charge on any atom is -0.481 e. The Morgan fingerprint density at radius 1 is 0.929 bits per heavy atom. The third kappa shape index (κ3) is 7.90. The summed E-state index contributed by atoms with van der Waals surface area (Å²) in [5, 5.41) is 105. The molecule has 13 N–H and O–H groups in total. The van der Waals surface area contributed by atoms with E-state index in [0.717, 1.165) is 44.2 Å². The monoisotopic (exact) mass is 985 g/mol. The Morgan fingerprint density at radius 2 is 1.66 bits per heavy atom. The molecule has 7 fully saturated rings. The number of fused-ring (bicyclic) bond motifs is 7. The molecule has 5 saturated carbocycles. The van der Waals surface area contributed by atoms with Crippen LogP contribution in [0.25, 0.3) is 0 Å². The van der Waals surface area contributed by atoms with E-state index in [2.05, 4.69) is 42.1 Å². The van der Waals surface area contributed by atoms with Gasteiger partial charge in [-0.1, -0.05) is 58.6 Å². The molecule has 2 aliphatic heterocycles. The summed E-state index contributed by atoms with van der Waals surface area (Å²) < 4.78 is 12.7. The maximum atomic E-state index is 14.3. The largest absolute Gasteiger partial charge is 0.481 e. The number of H-pyrrole nitrogens is 1. The van der Waals surface area contributed by atoms with Gasteiger partial charge in [0.15, 0.2) is 6.29 Å². The van der Waals surface area contributed by atoms with Crippen molar-refractivity contribution in [3.8, 4) is 0 Å². The minimum absolute atomic E-state index is 0.0248. The molecule has 21 unspecified atom stereocenters. The van der Waals surface area contributed by atoms with E-state index in [-0.39, 0.29) is 62.2 Å². The Hall–Kier alpha value is -2.55. The van der Waals surface area contributed by atoms with E-state index in [9.17, 15) is 55.5 Å². The van der Waals surface area contributed by atoms with E-state index in [1.54, 1.807) is 12.5 Å². The molecule has 0 aromatic carbocycles. The average molecular weight is 985 g/mol. The maximum Gasteiger partial charge on any atom is 0.310 e. The second-order valence-electron chi connectivity index (χ2n) is 24.9. The fourth-order valence-electron chi connectivity index (χ4n) is 17.9. The lowest BCUT2D eigenvalue weighted by atomic mass is 9.29. The number of nitrogens with two attached hydrogens (primary N) is 1. The van der Waals surface area contributed by atoms with Gasteiger partial charge in [-0.3, -0.25) is 9.59 Å². The molecular formula is C53H84N4O13. The number of hydrogen-bond donors (Lipinski definition) is 12. The number of allylic oxidation sites excluding steroid dienone is 2. The number of carboxylic acid groups (broad SMARTS) is 1. The Labute approximate surface area is 412 Å². The molecule has 0 bridgehead atoms. The topological polar surface area (TPSA) is 301 Å². The van der Waals surface area contributed by atoms with Crippen LogP contribution in [0.2, 0.25) is 0 Å². The molecule has 2 saturated heterocycles. The van der Waals surface area contributed by atoms with Gasteiger partial charge in [-0.2, -0.15) is 0 Å². The quantitative estimate of drug-likeness (QED) is 0.0725. The number of rotatable bonds is 14. The van der Waals surface area contributed by atoms with Gasteiger partial charge in [-0.05, 0) is 141 Å². The normalized spacial score (nSPS) is 48.3. The highest BCUT2D eigenvalue weighted by atomic mass is 16.7. The first-order valence-corrected chi connectivity index (χ1v) is 26.7. The van der Waals surface area contributed by atoms with Crippen molar-refractivity contribution >= 4 is 11.9 Å². The number of amides is 1. The Balaban J connectivity index is 1.24. The molecule has 17 nitrogen and oxygen atoms in total. The molecule has 0 spiro atoms. The lowest BCUT2D eigenvalue weighted by Crippen LogP contribution is -2.75. The minimum atomic E-state index is -1.66. The summed E-state index contributed by atoms with van der Waals surface area (Å²) in [5.41, 5.74) is 3.71. The Morgan fingerprint density at radius 3 is 2.30 bits per heavy atom. The van der Waals surface area contributed by atoms with Crippen molar-refractivity contribution in [2.75, 3.05) is 26.4 Å². The number of carboxylic acids is 1. The number of aliphatic hydroxyl groups excluding tert-OH is 8. The highest BCUT2D eigenvalue weighted by molar-refractivity contribution is 5.82. The first-order chi connectivity index (χ1) is 33.2. The number of aliphatic hydroxyl groups is 8. The van der Waals surface area contributed by atoms with Crippen LogP contribution in [0.1, 0.15) is 142 Å². The zero-order chi connectivity index (χ0) is 50.3. The fraction of sp³-hybridized carbons (Fsp3) is 0.868. The molecule has 8 aliphatic rings. The van der Waals surface area contributed by atoms with E-state index >= 15 is 0 Å². The number of hydrogen-bond acceptors (Lipinski definition) is 14. The molecule has 1 aromatic heterocycles. The van der Waals surface area contributed by atoms with Gasteiger partial charge < -0.3 is 71.5 Å². The van der Waals surface area contributed by atoms with Crippen molar-refractivity contribution in [2.24, 2.45) is 79.6 Å². The number of ether oxygens (including phenoxy) is 2. The summed E-state index contributed by atoms with van der Waals surface area (Å²) in [6.07, 6.45) is 6.40. The summed E-state index contributed by atoms with van der Waals surface area (Å²) >= 11 is 0. The van der Waals surface area contributed by atoms with E-state index in [1.165, 1.54) is 5.57 Å². The molecule has 1 amide bonds. The SMILES string of the molecule is CC1(CO)CCC2(C(=O)O)CCC3(C)C(=CCC4C5(C6CCCCC6)C(CC6C(CO)C(=O)NC6C(CCC(N)O)c6cnc[nH]6)C(O)C(OC6OCC(O)C(O)C6O)C(C)(CO)C5CCC43C)C2C1. The van der Waals surface area contributed by atoms with Crippen LogP contribution in [-0.4, -0.2) is 143 Å². The zero-order valence-corrected chi connectivity index (χ0v) is 41.8. The highest BCUT2D eigenvalue weighted by Gasteiger charge is 2.76. The Bertz CT molecular complexity index is 2070. The van der Waals surface area contributed by atoms with Crippen LogP contribution in [-0.2, 0) is 19.1 Å². The third-order valence-electron chi connectivity index (χ3n) is 21.9. The molecule has 17 heteroatoms. The lowest BCUT2D eigenvalue weighted by molar-refractivity contribution is -0.350. The van der Waals surface area contributed by atoms with Crippen LogP contribution in [0.4, 0.5) is 0 Å². The van der Waals surface area contributed by atoms with Crippen molar-refractivity contribution in [1.29, 1.82) is 0 Å². The van der Waals surface area contributed by atoms with Crippen molar-refractivity contribution in [3.05, 3.63) is 29.9 Å². The number of nitrogens with one attached hydrogen (secondary N) is 2. The average Bonchev–Trinajstić information content (AvgIpc) is 3.99. The molecule has 1 aromatic rings. The van der Waals surface area contributed by atoms with E-state index in [1.807, 2.05) is 6.92 Å². The van der Waals surface area contributed by atoms with Crippen LogP contribution in [0.5, 0.6) is 0 Å². The van der Waals surface area contributed by atoms with Crippen LogP contribution < -0.4 is 11.1 Å². The van der Waals surface area contributed by atoms with Crippen LogP contribution in [0, 0.1) is 73.9 Å². The summed E-state index contributed by atoms with van der Waals surface area (Å²) in [6, 6.07) is -0.580. The van der Waals surface area contributed by atoms with Gasteiger partial charge in [0, 0.05) is 35.9 Å². The molecular weight excluding hydrogens is 901 g/mol.